The zero-order chi connectivity index (χ0) is 17.5. The number of rotatable bonds is 7. The van der Waals surface area contributed by atoms with Crippen molar-refractivity contribution >= 4 is 33.4 Å². The molecule has 0 aliphatic heterocycles. The van der Waals surface area contributed by atoms with Crippen molar-refractivity contribution in [3.05, 3.63) is 52.4 Å². The van der Waals surface area contributed by atoms with Crippen molar-refractivity contribution in [2.75, 3.05) is 32.5 Å². The molecule has 0 unspecified atom stereocenters. The largest absolute Gasteiger partial charge is 0.444 e. The third kappa shape index (κ3) is 5.21. The van der Waals surface area contributed by atoms with E-state index in [2.05, 4.69) is 31.5 Å². The van der Waals surface area contributed by atoms with Crippen LogP contribution in [0.1, 0.15) is 27.3 Å². The number of hydrogen-bond acceptors (Lipinski definition) is 4. The molecule has 0 aliphatic rings. The van der Waals surface area contributed by atoms with Crippen LogP contribution in [0, 0.1) is 0 Å². The molecule has 0 radical (unpaired) electrons. The van der Waals surface area contributed by atoms with Crippen LogP contribution in [-0.2, 0) is 0 Å². The van der Waals surface area contributed by atoms with E-state index >= 15 is 0 Å². The van der Waals surface area contributed by atoms with Crippen molar-refractivity contribution in [2.24, 2.45) is 0 Å². The number of nitrogens with one attached hydrogen (secondary N) is 2. The zero-order valence-corrected chi connectivity index (χ0v) is 15.2. The number of furan rings is 1. The lowest BCUT2D eigenvalue weighted by molar-refractivity contribution is 0.0953. The van der Waals surface area contributed by atoms with Gasteiger partial charge in [-0.05, 0) is 67.3 Å². The fourth-order valence-electron chi connectivity index (χ4n) is 2.10. The van der Waals surface area contributed by atoms with Gasteiger partial charge in [0, 0.05) is 6.54 Å². The third-order valence-electron chi connectivity index (χ3n) is 3.28. The van der Waals surface area contributed by atoms with Crippen molar-refractivity contribution in [3.63, 3.8) is 0 Å². The van der Waals surface area contributed by atoms with Crippen LogP contribution in [0.2, 0.25) is 0 Å². The van der Waals surface area contributed by atoms with Crippen molar-refractivity contribution in [1.29, 1.82) is 0 Å². The van der Waals surface area contributed by atoms with E-state index in [1.807, 2.05) is 14.1 Å². The molecule has 2 aromatic rings. The third-order valence-corrected chi connectivity index (χ3v) is 3.71. The lowest BCUT2D eigenvalue weighted by Crippen LogP contribution is -2.28. The van der Waals surface area contributed by atoms with Crippen LogP contribution in [0.15, 0.2) is 45.5 Å². The predicted octanol–water partition coefficient (Wildman–Crippen LogP) is 2.98. The van der Waals surface area contributed by atoms with Gasteiger partial charge in [-0.2, -0.15) is 0 Å². The minimum atomic E-state index is -0.409. The fraction of sp³-hybridized carbons (Fsp3) is 0.294. The van der Waals surface area contributed by atoms with E-state index in [1.165, 1.54) is 0 Å². The van der Waals surface area contributed by atoms with Crippen LogP contribution < -0.4 is 10.6 Å². The lowest BCUT2D eigenvalue weighted by atomic mass is 10.1. The average molecular weight is 394 g/mol. The summed E-state index contributed by atoms with van der Waals surface area (Å²) in [7, 11) is 3.97. The molecule has 128 valence electrons. The van der Waals surface area contributed by atoms with Gasteiger partial charge in [0.15, 0.2) is 10.4 Å². The number of anilines is 1. The molecule has 1 aromatic carbocycles. The first kappa shape index (κ1) is 18.2. The summed E-state index contributed by atoms with van der Waals surface area (Å²) in [4.78, 5) is 26.6. The average Bonchev–Trinajstić information content (AvgIpc) is 2.98. The van der Waals surface area contributed by atoms with Crippen molar-refractivity contribution < 1.29 is 14.0 Å². The number of benzene rings is 1. The molecular weight excluding hydrogens is 374 g/mol. The summed E-state index contributed by atoms with van der Waals surface area (Å²) in [5.41, 5.74) is 0.862. The Labute approximate surface area is 149 Å². The molecule has 0 saturated carbocycles. The predicted molar refractivity (Wildman–Crippen MR) is 96.3 cm³/mol. The highest BCUT2D eigenvalue weighted by Crippen LogP contribution is 2.19. The van der Waals surface area contributed by atoms with Gasteiger partial charge in [-0.15, -0.1) is 0 Å². The van der Waals surface area contributed by atoms with E-state index in [0.29, 0.717) is 22.5 Å². The van der Waals surface area contributed by atoms with E-state index in [4.69, 9.17) is 4.42 Å². The first-order valence-corrected chi connectivity index (χ1v) is 8.35. The van der Waals surface area contributed by atoms with Gasteiger partial charge in [-0.3, -0.25) is 9.59 Å². The normalized spacial score (nSPS) is 10.7. The highest BCUT2D eigenvalue weighted by Gasteiger charge is 2.15. The molecular formula is C17H20BrN3O3. The monoisotopic (exact) mass is 393 g/mol. The van der Waals surface area contributed by atoms with Gasteiger partial charge in [0.2, 0.25) is 0 Å². The van der Waals surface area contributed by atoms with E-state index in [-0.39, 0.29) is 11.7 Å². The molecule has 0 aliphatic carbocycles. The summed E-state index contributed by atoms with van der Waals surface area (Å²) in [5.74, 6) is -0.457. The minimum absolute atomic E-state index is 0.170. The van der Waals surface area contributed by atoms with Crippen molar-refractivity contribution in [3.8, 4) is 0 Å². The summed E-state index contributed by atoms with van der Waals surface area (Å²) in [6.07, 6.45) is 0.855. The van der Waals surface area contributed by atoms with Crippen LogP contribution >= 0.6 is 15.9 Å². The van der Waals surface area contributed by atoms with Crippen molar-refractivity contribution in [2.45, 2.75) is 6.42 Å². The van der Waals surface area contributed by atoms with Gasteiger partial charge in [0.1, 0.15) is 0 Å². The van der Waals surface area contributed by atoms with Crippen LogP contribution in [0.4, 0.5) is 5.69 Å². The molecule has 1 heterocycles. The quantitative estimate of drug-likeness (QED) is 0.709. The molecule has 24 heavy (non-hydrogen) atoms. The molecule has 1 aromatic heterocycles. The van der Waals surface area contributed by atoms with Crippen LogP contribution in [-0.4, -0.2) is 43.9 Å². The van der Waals surface area contributed by atoms with Crippen LogP contribution in [0.3, 0.4) is 0 Å². The molecule has 0 saturated heterocycles. The summed E-state index contributed by atoms with van der Waals surface area (Å²) >= 11 is 3.15. The standard InChI is InChI=1S/C17H20BrN3O3/c1-21(2)11-5-10-19-16(22)12-6-3-4-7-13(12)20-17(23)14-8-9-15(18)24-14/h3-4,6-9H,5,10-11H2,1-2H3,(H,19,22)(H,20,23). The number of para-hydroxylation sites is 1. The molecule has 0 spiro atoms. The second-order valence-corrected chi connectivity index (χ2v) is 6.30. The second-order valence-electron chi connectivity index (χ2n) is 5.52. The van der Waals surface area contributed by atoms with Gasteiger partial charge < -0.3 is 20.0 Å². The number of nitrogens with zero attached hydrogens (tertiary/aromatic N) is 1. The Morgan fingerprint density at radius 1 is 1.12 bits per heavy atom. The number of halogens is 1. The topological polar surface area (TPSA) is 74.6 Å². The number of carbonyl (C=O) groups excluding carboxylic acids is 2. The summed E-state index contributed by atoms with van der Waals surface area (Å²) in [5, 5.41) is 5.57. The maximum atomic E-state index is 12.3. The maximum Gasteiger partial charge on any atom is 0.291 e. The van der Waals surface area contributed by atoms with Gasteiger partial charge in [-0.25, -0.2) is 0 Å². The lowest BCUT2D eigenvalue weighted by Gasteiger charge is -2.12. The van der Waals surface area contributed by atoms with Gasteiger partial charge in [0.25, 0.3) is 11.8 Å². The SMILES string of the molecule is CN(C)CCCNC(=O)c1ccccc1NC(=O)c1ccc(Br)o1. The van der Waals surface area contributed by atoms with Gasteiger partial charge >= 0.3 is 0 Å². The van der Waals surface area contributed by atoms with Crippen molar-refractivity contribution in [1.82, 2.24) is 10.2 Å². The Kier molecular flexibility index (Phi) is 6.57. The van der Waals surface area contributed by atoms with E-state index < -0.39 is 5.91 Å². The Bertz CT molecular complexity index is 713. The first-order valence-electron chi connectivity index (χ1n) is 7.56. The number of carbonyl (C=O) groups is 2. The molecule has 2 amide bonds. The van der Waals surface area contributed by atoms with Crippen LogP contribution in [0.25, 0.3) is 0 Å². The van der Waals surface area contributed by atoms with E-state index in [1.54, 1.807) is 36.4 Å². The van der Waals surface area contributed by atoms with Gasteiger partial charge in [0.05, 0.1) is 11.3 Å². The highest BCUT2D eigenvalue weighted by molar-refractivity contribution is 9.10. The molecule has 6 nitrogen and oxygen atoms in total. The van der Waals surface area contributed by atoms with E-state index in [0.717, 1.165) is 13.0 Å². The first-order chi connectivity index (χ1) is 11.5. The summed E-state index contributed by atoms with van der Waals surface area (Å²) in [6, 6.07) is 10.1. The minimum Gasteiger partial charge on any atom is -0.444 e. The summed E-state index contributed by atoms with van der Waals surface area (Å²) in [6.45, 7) is 1.47. The Hall–Kier alpha value is -2.12. The van der Waals surface area contributed by atoms with E-state index in [9.17, 15) is 9.59 Å². The highest BCUT2D eigenvalue weighted by atomic mass is 79.9. The summed E-state index contributed by atoms with van der Waals surface area (Å²) < 4.78 is 5.69. The number of amides is 2. The van der Waals surface area contributed by atoms with Crippen LogP contribution in [0.5, 0.6) is 0 Å². The Balaban J connectivity index is 2.01. The molecule has 2 rings (SSSR count). The smallest absolute Gasteiger partial charge is 0.291 e. The molecule has 0 fully saturated rings. The number of hydrogen-bond donors (Lipinski definition) is 2. The fourth-order valence-corrected chi connectivity index (χ4v) is 2.41. The zero-order valence-electron chi connectivity index (χ0n) is 13.6. The molecule has 7 heteroatoms. The Morgan fingerprint density at radius 3 is 2.54 bits per heavy atom. The molecule has 0 bridgehead atoms. The maximum absolute atomic E-state index is 12.3. The Morgan fingerprint density at radius 2 is 1.88 bits per heavy atom. The molecule has 2 N–H and O–H groups in total. The van der Waals surface area contributed by atoms with Gasteiger partial charge in [-0.1, -0.05) is 12.1 Å². The second kappa shape index (κ2) is 8.65. The molecule has 0 atom stereocenters.